The number of fused-ring (bicyclic) bond motifs is 2. The Kier molecular flexibility index (Phi) is 5.41. The smallest absolute Gasteiger partial charge is 0.273 e. The quantitative estimate of drug-likeness (QED) is 0.401. The summed E-state index contributed by atoms with van der Waals surface area (Å²) in [5.41, 5.74) is 2.29. The van der Waals surface area contributed by atoms with Crippen molar-refractivity contribution in [2.45, 2.75) is 12.7 Å². The first-order valence-corrected chi connectivity index (χ1v) is 11.6. The number of nitrogens with zero attached hydrogens (tertiary/aromatic N) is 4. The number of benzodiazepines with no additional fused rings is 1. The van der Waals surface area contributed by atoms with Crippen LogP contribution < -0.4 is 4.90 Å². The normalized spacial score (nSPS) is 16.8. The molecule has 0 saturated carbocycles. The number of aromatic nitrogens is 1. The molecule has 3 heterocycles. The zero-order valence-corrected chi connectivity index (χ0v) is 19.4. The third kappa shape index (κ3) is 3.70. The molecule has 0 N–H and O–H groups in total. The molecule has 1 atom stereocenters. The minimum absolute atomic E-state index is 0.0659. The van der Waals surface area contributed by atoms with Gasteiger partial charge in [-0.3, -0.25) is 19.4 Å². The van der Waals surface area contributed by atoms with E-state index in [1.165, 1.54) is 11.0 Å². The van der Waals surface area contributed by atoms with Crippen LogP contribution in [-0.2, 0) is 11.3 Å². The van der Waals surface area contributed by atoms with Crippen molar-refractivity contribution in [1.29, 1.82) is 0 Å². The predicted octanol–water partition coefficient (Wildman–Crippen LogP) is 4.23. The third-order valence-corrected chi connectivity index (χ3v) is 6.43. The van der Waals surface area contributed by atoms with Gasteiger partial charge in [0.05, 0.1) is 34.8 Å². The number of amides is 3. The summed E-state index contributed by atoms with van der Waals surface area (Å²) in [6.45, 7) is 0.0659. The van der Waals surface area contributed by atoms with Gasteiger partial charge >= 0.3 is 0 Å². The van der Waals surface area contributed by atoms with E-state index in [1.54, 1.807) is 91.1 Å². The average Bonchev–Trinajstić information content (AvgIpc) is 3.12. The fourth-order valence-corrected chi connectivity index (χ4v) is 4.70. The van der Waals surface area contributed by atoms with Crippen molar-refractivity contribution in [1.82, 2.24) is 9.88 Å². The van der Waals surface area contributed by atoms with E-state index in [0.29, 0.717) is 16.9 Å². The van der Waals surface area contributed by atoms with Gasteiger partial charge in [0, 0.05) is 17.3 Å². The first-order chi connectivity index (χ1) is 18.0. The van der Waals surface area contributed by atoms with Gasteiger partial charge in [-0.2, -0.15) is 0 Å². The molecule has 4 aromatic rings. The summed E-state index contributed by atoms with van der Waals surface area (Å²) < 4.78 is 15.1. The van der Waals surface area contributed by atoms with Crippen LogP contribution in [0.4, 0.5) is 10.1 Å². The van der Waals surface area contributed by atoms with Gasteiger partial charge < -0.3 is 4.90 Å². The molecule has 2 aliphatic rings. The topological polar surface area (TPSA) is 82.9 Å². The van der Waals surface area contributed by atoms with Crippen LogP contribution in [0.5, 0.6) is 0 Å². The molecule has 1 aromatic heterocycles. The number of carbonyl (C=O) groups excluding carboxylic acids is 3. The van der Waals surface area contributed by atoms with Crippen LogP contribution in [-0.4, -0.2) is 39.5 Å². The van der Waals surface area contributed by atoms with Crippen molar-refractivity contribution in [2.24, 2.45) is 4.99 Å². The summed E-state index contributed by atoms with van der Waals surface area (Å²) in [5, 5.41) is 0. The molecule has 8 heteroatoms. The SMILES string of the molecule is O=C1[C@H](N2C(=O)c3ccccc3C2=O)N=C(c2ccccc2F)c2ccccc2N1Cc1ccccn1. The molecule has 0 radical (unpaired) electrons. The molecule has 0 bridgehead atoms. The maximum absolute atomic E-state index is 15.1. The number of anilines is 1. The molecule has 37 heavy (non-hydrogen) atoms. The van der Waals surface area contributed by atoms with Crippen LogP contribution in [0.15, 0.2) is 102 Å². The first kappa shape index (κ1) is 22.5. The Morgan fingerprint density at radius 3 is 1.95 bits per heavy atom. The van der Waals surface area contributed by atoms with Gasteiger partial charge in [0.1, 0.15) is 5.82 Å². The first-order valence-electron chi connectivity index (χ1n) is 11.6. The van der Waals surface area contributed by atoms with E-state index in [0.717, 1.165) is 4.90 Å². The van der Waals surface area contributed by atoms with Crippen LogP contribution in [0.1, 0.15) is 37.5 Å². The minimum atomic E-state index is -1.54. The number of carbonyl (C=O) groups is 3. The van der Waals surface area contributed by atoms with Gasteiger partial charge in [-0.05, 0) is 42.5 Å². The second-order valence-electron chi connectivity index (χ2n) is 8.62. The number of aliphatic imine (C=N–C) groups is 1. The van der Waals surface area contributed by atoms with Crippen LogP contribution in [0.25, 0.3) is 0 Å². The standard InChI is InChI=1S/C29H19FN4O3/c30-23-14-5-3-12-21(23)25-22-13-4-6-15-24(22)33(17-18-9-7-8-16-31-18)29(37)26(32-25)34-27(35)19-10-1-2-11-20(19)28(34)36/h1-16,26H,17H2/t26-/m0/s1. The van der Waals surface area contributed by atoms with Crippen molar-refractivity contribution in [3.63, 3.8) is 0 Å². The molecule has 0 spiro atoms. The van der Waals surface area contributed by atoms with Crippen LogP contribution in [0, 0.1) is 5.82 Å². The van der Waals surface area contributed by atoms with E-state index in [4.69, 9.17) is 0 Å². The number of benzene rings is 3. The Morgan fingerprint density at radius 1 is 0.703 bits per heavy atom. The zero-order chi connectivity index (χ0) is 25.5. The number of para-hydroxylation sites is 1. The van der Waals surface area contributed by atoms with Gasteiger partial charge in [0.25, 0.3) is 17.7 Å². The highest BCUT2D eigenvalue weighted by Crippen LogP contribution is 2.33. The predicted molar refractivity (Wildman–Crippen MR) is 135 cm³/mol. The summed E-state index contributed by atoms with van der Waals surface area (Å²) in [7, 11) is 0. The lowest BCUT2D eigenvalue weighted by molar-refractivity contribution is -0.122. The maximum Gasteiger partial charge on any atom is 0.273 e. The fourth-order valence-electron chi connectivity index (χ4n) is 4.70. The number of pyridine rings is 1. The zero-order valence-electron chi connectivity index (χ0n) is 19.4. The number of rotatable bonds is 4. The minimum Gasteiger partial charge on any atom is -0.302 e. The van der Waals surface area contributed by atoms with Gasteiger partial charge in [-0.25, -0.2) is 14.3 Å². The molecule has 3 aromatic carbocycles. The van der Waals surface area contributed by atoms with Gasteiger partial charge in [0.2, 0.25) is 6.17 Å². The van der Waals surface area contributed by atoms with Crippen LogP contribution in [0.2, 0.25) is 0 Å². The Labute approximate surface area is 211 Å². The number of hydrogen-bond donors (Lipinski definition) is 0. The molecule has 0 fully saturated rings. The summed E-state index contributed by atoms with van der Waals surface area (Å²) in [4.78, 5) is 52.2. The molecule has 7 nitrogen and oxygen atoms in total. The highest BCUT2D eigenvalue weighted by molar-refractivity contribution is 6.25. The Bertz CT molecular complexity index is 1570. The van der Waals surface area contributed by atoms with E-state index in [2.05, 4.69) is 9.98 Å². The Balaban J connectivity index is 1.57. The molecular weight excluding hydrogens is 471 g/mol. The summed E-state index contributed by atoms with van der Waals surface area (Å²) in [5.74, 6) is -2.39. The van der Waals surface area contributed by atoms with Crippen molar-refractivity contribution >= 4 is 29.1 Å². The maximum atomic E-state index is 15.1. The van der Waals surface area contributed by atoms with Crippen LogP contribution >= 0.6 is 0 Å². The van der Waals surface area contributed by atoms with Gasteiger partial charge in [-0.1, -0.05) is 48.5 Å². The molecule has 0 aliphatic carbocycles. The van der Waals surface area contributed by atoms with Crippen molar-refractivity contribution in [2.75, 3.05) is 4.90 Å². The fraction of sp³-hybridized carbons (Fsp3) is 0.0690. The van der Waals surface area contributed by atoms with Crippen molar-refractivity contribution in [3.05, 3.63) is 131 Å². The highest BCUT2D eigenvalue weighted by atomic mass is 19.1. The van der Waals surface area contributed by atoms with Crippen molar-refractivity contribution in [3.8, 4) is 0 Å². The Morgan fingerprint density at radius 2 is 1.30 bits per heavy atom. The molecule has 180 valence electrons. The number of hydrogen-bond acceptors (Lipinski definition) is 5. The van der Waals surface area contributed by atoms with Crippen LogP contribution in [0.3, 0.4) is 0 Å². The summed E-state index contributed by atoms with van der Waals surface area (Å²) in [6.07, 6.45) is 0.0741. The van der Waals surface area contributed by atoms with Gasteiger partial charge in [0.15, 0.2) is 0 Å². The Hall–Kier alpha value is -4.98. The monoisotopic (exact) mass is 490 g/mol. The van der Waals surface area contributed by atoms with E-state index in [1.807, 2.05) is 0 Å². The van der Waals surface area contributed by atoms with E-state index in [-0.39, 0.29) is 28.9 Å². The molecule has 3 amide bonds. The molecule has 0 saturated heterocycles. The summed E-state index contributed by atoms with van der Waals surface area (Å²) in [6, 6.07) is 24.8. The third-order valence-electron chi connectivity index (χ3n) is 6.43. The summed E-state index contributed by atoms with van der Waals surface area (Å²) >= 11 is 0. The average molecular weight is 490 g/mol. The molecule has 2 aliphatic heterocycles. The largest absolute Gasteiger partial charge is 0.302 e. The van der Waals surface area contributed by atoms with E-state index in [9.17, 15) is 14.4 Å². The number of imide groups is 1. The van der Waals surface area contributed by atoms with E-state index >= 15 is 4.39 Å². The molecule has 6 rings (SSSR count). The van der Waals surface area contributed by atoms with Gasteiger partial charge in [-0.15, -0.1) is 0 Å². The highest BCUT2D eigenvalue weighted by Gasteiger charge is 2.46. The molecular formula is C29H19FN4O3. The number of halogens is 1. The lowest BCUT2D eigenvalue weighted by atomic mass is 9.99. The van der Waals surface area contributed by atoms with Crippen molar-refractivity contribution < 1.29 is 18.8 Å². The second kappa shape index (κ2) is 8.91. The lowest BCUT2D eigenvalue weighted by Gasteiger charge is -2.28. The molecule has 0 unspecified atom stereocenters. The van der Waals surface area contributed by atoms with E-state index < -0.39 is 29.7 Å². The lowest BCUT2D eigenvalue weighted by Crippen LogP contribution is -2.49. The second-order valence-corrected chi connectivity index (χ2v) is 8.62.